The second-order valence-corrected chi connectivity index (χ2v) is 6.16. The van der Waals surface area contributed by atoms with E-state index in [0.29, 0.717) is 54.6 Å². The number of fused-ring (bicyclic) bond motifs is 1. The highest BCUT2D eigenvalue weighted by Gasteiger charge is 2.27. The van der Waals surface area contributed by atoms with E-state index in [9.17, 15) is 9.59 Å². The summed E-state index contributed by atoms with van der Waals surface area (Å²) in [5.74, 6) is 1.62. The molecule has 0 unspecified atom stereocenters. The minimum absolute atomic E-state index is 0.0795. The number of benzene rings is 1. The maximum absolute atomic E-state index is 12.7. The molecule has 0 spiro atoms. The van der Waals surface area contributed by atoms with Crippen molar-refractivity contribution in [3.63, 3.8) is 0 Å². The molecule has 1 saturated heterocycles. The number of piperazine rings is 1. The van der Waals surface area contributed by atoms with Crippen LogP contribution in [-0.2, 0) is 6.54 Å². The van der Waals surface area contributed by atoms with Gasteiger partial charge < -0.3 is 29.4 Å². The lowest BCUT2D eigenvalue weighted by molar-refractivity contribution is 0.0535. The van der Waals surface area contributed by atoms with Crippen LogP contribution in [-0.4, -0.2) is 54.6 Å². The Morgan fingerprint density at radius 3 is 2.23 bits per heavy atom. The number of nitrogens with two attached hydrogens (primary N) is 1. The van der Waals surface area contributed by atoms with Crippen LogP contribution in [0.4, 0.5) is 0 Å². The van der Waals surface area contributed by atoms with Crippen molar-refractivity contribution in [2.45, 2.75) is 6.54 Å². The van der Waals surface area contributed by atoms with Gasteiger partial charge in [0.25, 0.3) is 11.8 Å². The molecule has 0 saturated carbocycles. The van der Waals surface area contributed by atoms with E-state index >= 15 is 0 Å². The monoisotopic (exact) mass is 357 g/mol. The number of carbonyl (C=O) groups is 2. The van der Waals surface area contributed by atoms with E-state index in [4.69, 9.17) is 19.6 Å². The largest absolute Gasteiger partial charge is 0.467 e. The molecule has 1 aromatic heterocycles. The molecule has 1 aromatic carbocycles. The van der Waals surface area contributed by atoms with Gasteiger partial charge in [0.15, 0.2) is 11.5 Å². The predicted octanol–water partition coefficient (Wildman–Crippen LogP) is 1.07. The van der Waals surface area contributed by atoms with Crippen molar-refractivity contribution < 1.29 is 23.5 Å². The summed E-state index contributed by atoms with van der Waals surface area (Å²) in [7, 11) is 0. The van der Waals surface area contributed by atoms with Gasteiger partial charge >= 0.3 is 0 Å². The Hall–Kier alpha value is -3.00. The molecule has 2 amide bonds. The van der Waals surface area contributed by atoms with Crippen molar-refractivity contribution in [3.8, 4) is 11.5 Å². The van der Waals surface area contributed by atoms with Gasteiger partial charge in [0, 0.05) is 31.7 Å². The molecule has 0 aliphatic carbocycles. The smallest absolute Gasteiger partial charge is 0.257 e. The molecule has 2 aromatic rings. The van der Waals surface area contributed by atoms with E-state index in [2.05, 4.69) is 0 Å². The number of furan rings is 1. The van der Waals surface area contributed by atoms with Crippen LogP contribution in [0.5, 0.6) is 11.5 Å². The fourth-order valence-corrected chi connectivity index (χ4v) is 3.11. The lowest BCUT2D eigenvalue weighted by atomic mass is 10.1. The van der Waals surface area contributed by atoms with E-state index < -0.39 is 0 Å². The SMILES string of the molecule is NCc1cc(C(=O)N2CCN(C(=O)c3ccc4c(c3)OCO4)CC2)co1. The van der Waals surface area contributed by atoms with Crippen LogP contribution >= 0.6 is 0 Å². The Kier molecular flexibility index (Phi) is 4.26. The fourth-order valence-electron chi connectivity index (χ4n) is 3.11. The minimum atomic E-state index is -0.108. The number of ether oxygens (including phenoxy) is 2. The van der Waals surface area contributed by atoms with Crippen LogP contribution in [0.3, 0.4) is 0 Å². The number of carbonyl (C=O) groups excluding carboxylic acids is 2. The van der Waals surface area contributed by atoms with Crippen molar-refractivity contribution in [3.05, 3.63) is 47.4 Å². The summed E-state index contributed by atoms with van der Waals surface area (Å²) in [5, 5.41) is 0. The number of amides is 2. The van der Waals surface area contributed by atoms with Crippen molar-refractivity contribution in [1.29, 1.82) is 0 Å². The first-order chi connectivity index (χ1) is 12.7. The Bertz CT molecular complexity index is 839. The highest BCUT2D eigenvalue weighted by atomic mass is 16.7. The lowest BCUT2D eigenvalue weighted by Gasteiger charge is -2.34. The molecule has 8 heteroatoms. The van der Waals surface area contributed by atoms with Gasteiger partial charge in [-0.05, 0) is 24.3 Å². The number of hydrogen-bond donors (Lipinski definition) is 1. The average Bonchev–Trinajstić information content (AvgIpc) is 3.35. The summed E-state index contributed by atoms with van der Waals surface area (Å²) in [6, 6.07) is 6.82. The molecule has 0 radical (unpaired) electrons. The normalized spacial score (nSPS) is 16.0. The van der Waals surface area contributed by atoms with Crippen LogP contribution in [0.2, 0.25) is 0 Å². The molecule has 136 valence electrons. The van der Waals surface area contributed by atoms with Crippen LogP contribution in [0.25, 0.3) is 0 Å². The molecule has 4 rings (SSSR count). The van der Waals surface area contributed by atoms with Gasteiger partial charge in [-0.1, -0.05) is 0 Å². The Morgan fingerprint density at radius 2 is 1.58 bits per heavy atom. The summed E-state index contributed by atoms with van der Waals surface area (Å²) in [4.78, 5) is 28.6. The second kappa shape index (κ2) is 6.72. The zero-order valence-corrected chi connectivity index (χ0v) is 14.1. The number of rotatable bonds is 3. The quantitative estimate of drug-likeness (QED) is 0.882. The Labute approximate surface area is 150 Å². The van der Waals surface area contributed by atoms with Gasteiger partial charge in [0.2, 0.25) is 6.79 Å². The Balaban J connectivity index is 1.38. The van der Waals surface area contributed by atoms with Gasteiger partial charge in [-0.15, -0.1) is 0 Å². The number of hydrogen-bond acceptors (Lipinski definition) is 6. The molecule has 2 aliphatic rings. The number of nitrogens with zero attached hydrogens (tertiary/aromatic N) is 2. The molecule has 0 bridgehead atoms. The van der Waals surface area contributed by atoms with E-state index in [1.807, 2.05) is 0 Å². The Morgan fingerprint density at radius 1 is 0.923 bits per heavy atom. The van der Waals surface area contributed by atoms with E-state index in [-0.39, 0.29) is 25.2 Å². The minimum Gasteiger partial charge on any atom is -0.467 e. The standard InChI is InChI=1S/C18H19N3O5/c19-9-14-7-13(10-24-14)18(23)21-5-3-20(4-6-21)17(22)12-1-2-15-16(8-12)26-11-25-15/h1-2,7-8,10H,3-6,9,11,19H2. The van der Waals surface area contributed by atoms with Gasteiger partial charge in [0.1, 0.15) is 12.0 Å². The van der Waals surface area contributed by atoms with Crippen LogP contribution in [0.1, 0.15) is 26.5 Å². The maximum Gasteiger partial charge on any atom is 0.257 e. The molecular weight excluding hydrogens is 338 g/mol. The molecule has 2 N–H and O–H groups in total. The van der Waals surface area contributed by atoms with E-state index in [1.54, 1.807) is 34.1 Å². The third-order valence-electron chi connectivity index (χ3n) is 4.58. The zero-order valence-electron chi connectivity index (χ0n) is 14.1. The van der Waals surface area contributed by atoms with E-state index in [1.165, 1.54) is 6.26 Å². The highest BCUT2D eigenvalue weighted by Crippen LogP contribution is 2.32. The first kappa shape index (κ1) is 16.5. The predicted molar refractivity (Wildman–Crippen MR) is 91.0 cm³/mol. The lowest BCUT2D eigenvalue weighted by Crippen LogP contribution is -2.50. The van der Waals surface area contributed by atoms with Crippen LogP contribution in [0, 0.1) is 0 Å². The van der Waals surface area contributed by atoms with Crippen molar-refractivity contribution >= 4 is 11.8 Å². The third kappa shape index (κ3) is 2.99. The molecule has 0 atom stereocenters. The second-order valence-electron chi connectivity index (χ2n) is 6.16. The molecule has 2 aliphatic heterocycles. The van der Waals surface area contributed by atoms with Crippen molar-refractivity contribution in [2.24, 2.45) is 5.73 Å². The summed E-state index contributed by atoms with van der Waals surface area (Å²) < 4.78 is 15.8. The summed E-state index contributed by atoms with van der Waals surface area (Å²) in [6.45, 7) is 2.32. The maximum atomic E-state index is 12.7. The molecule has 26 heavy (non-hydrogen) atoms. The van der Waals surface area contributed by atoms with Gasteiger partial charge in [0.05, 0.1) is 12.1 Å². The molecular formula is C18H19N3O5. The zero-order chi connectivity index (χ0) is 18.1. The molecule has 1 fully saturated rings. The first-order valence-corrected chi connectivity index (χ1v) is 8.41. The highest BCUT2D eigenvalue weighted by molar-refractivity contribution is 5.96. The van der Waals surface area contributed by atoms with Crippen LogP contribution in [0.15, 0.2) is 34.9 Å². The summed E-state index contributed by atoms with van der Waals surface area (Å²) in [5.41, 5.74) is 6.54. The summed E-state index contributed by atoms with van der Waals surface area (Å²) in [6.07, 6.45) is 1.43. The van der Waals surface area contributed by atoms with Gasteiger partial charge in [-0.25, -0.2) is 0 Å². The average molecular weight is 357 g/mol. The summed E-state index contributed by atoms with van der Waals surface area (Å²) >= 11 is 0. The van der Waals surface area contributed by atoms with Crippen molar-refractivity contribution in [1.82, 2.24) is 9.80 Å². The topological polar surface area (TPSA) is 98.2 Å². The van der Waals surface area contributed by atoms with Crippen LogP contribution < -0.4 is 15.2 Å². The third-order valence-corrected chi connectivity index (χ3v) is 4.58. The van der Waals surface area contributed by atoms with E-state index in [0.717, 1.165) is 0 Å². The molecule has 3 heterocycles. The van der Waals surface area contributed by atoms with Gasteiger partial charge in [-0.3, -0.25) is 9.59 Å². The fraction of sp³-hybridized carbons (Fsp3) is 0.333. The van der Waals surface area contributed by atoms with Crippen molar-refractivity contribution in [2.75, 3.05) is 33.0 Å². The molecule has 8 nitrogen and oxygen atoms in total. The first-order valence-electron chi connectivity index (χ1n) is 8.41. The van der Waals surface area contributed by atoms with Gasteiger partial charge in [-0.2, -0.15) is 0 Å².